The molecule has 1 aromatic heterocycles. The lowest BCUT2D eigenvalue weighted by Gasteiger charge is -2.24. The van der Waals surface area contributed by atoms with Crippen molar-refractivity contribution in [3.8, 4) is 6.07 Å². The van der Waals surface area contributed by atoms with Crippen molar-refractivity contribution in [2.75, 3.05) is 12.8 Å². The van der Waals surface area contributed by atoms with E-state index in [2.05, 4.69) is 38.4 Å². The summed E-state index contributed by atoms with van der Waals surface area (Å²) in [6.07, 6.45) is 9.45. The van der Waals surface area contributed by atoms with Gasteiger partial charge in [-0.2, -0.15) is 5.26 Å². The summed E-state index contributed by atoms with van der Waals surface area (Å²) in [6.45, 7) is 12.6. The zero-order valence-corrected chi connectivity index (χ0v) is 20.2. The van der Waals surface area contributed by atoms with Crippen LogP contribution in [0, 0.1) is 11.3 Å². The fourth-order valence-electron chi connectivity index (χ4n) is 3.78. The predicted molar refractivity (Wildman–Crippen MR) is 133 cm³/mol. The van der Waals surface area contributed by atoms with Gasteiger partial charge in [0.2, 0.25) is 0 Å². The van der Waals surface area contributed by atoms with Crippen LogP contribution in [-0.2, 0) is 11.2 Å². The van der Waals surface area contributed by atoms with E-state index in [1.54, 1.807) is 13.3 Å². The maximum absolute atomic E-state index is 9.66. The van der Waals surface area contributed by atoms with Crippen molar-refractivity contribution < 1.29 is 4.74 Å². The van der Waals surface area contributed by atoms with E-state index < -0.39 is 0 Å². The molecule has 1 aliphatic carbocycles. The lowest BCUT2D eigenvalue weighted by atomic mass is 9.85. The largest absolute Gasteiger partial charge is 0.484 e. The summed E-state index contributed by atoms with van der Waals surface area (Å²) in [4.78, 5) is 10.6. The van der Waals surface area contributed by atoms with Crippen LogP contribution in [-0.4, -0.2) is 18.7 Å². The summed E-state index contributed by atoms with van der Waals surface area (Å²) in [7, 11) is 1.64. The van der Waals surface area contributed by atoms with E-state index in [0.29, 0.717) is 16.5 Å². The van der Waals surface area contributed by atoms with Gasteiger partial charge in [-0.05, 0) is 68.7 Å². The summed E-state index contributed by atoms with van der Waals surface area (Å²) in [5.74, 6) is 0.538. The van der Waals surface area contributed by atoms with Crippen molar-refractivity contribution in [1.82, 2.24) is 0 Å². The molecule has 0 radical (unpaired) electrons. The van der Waals surface area contributed by atoms with Crippen LogP contribution in [0.25, 0.3) is 0 Å². The number of hydrogen-bond acceptors (Lipinski definition) is 6. The molecule has 0 unspecified atom stereocenters. The van der Waals surface area contributed by atoms with E-state index >= 15 is 0 Å². The van der Waals surface area contributed by atoms with E-state index in [4.69, 9.17) is 15.5 Å². The van der Waals surface area contributed by atoms with Crippen molar-refractivity contribution in [3.63, 3.8) is 0 Å². The second-order valence-electron chi connectivity index (χ2n) is 7.83. The molecule has 1 atom stereocenters. The summed E-state index contributed by atoms with van der Waals surface area (Å²) < 4.78 is 5.78. The van der Waals surface area contributed by atoms with Crippen molar-refractivity contribution >= 4 is 27.9 Å². The average Bonchev–Trinajstić information content (AvgIpc) is 3.09. The number of allylic oxidation sites excluding steroid dienone is 2. The van der Waals surface area contributed by atoms with Gasteiger partial charge in [-0.15, -0.1) is 11.3 Å². The van der Waals surface area contributed by atoms with Gasteiger partial charge in [0.1, 0.15) is 11.1 Å². The molecule has 1 aliphatic rings. The van der Waals surface area contributed by atoms with E-state index in [0.717, 1.165) is 66.6 Å². The number of fused-ring (bicyclic) bond motifs is 1. The number of methoxy groups -OCH3 is 1. The number of nitrogen functional groups attached to an aromatic ring is 1. The molecular weight excluding hydrogens is 404 g/mol. The first-order chi connectivity index (χ1) is 14.9. The number of rotatable bonds is 8. The van der Waals surface area contributed by atoms with Crippen LogP contribution in [0.3, 0.4) is 0 Å². The molecule has 0 spiro atoms. The lowest BCUT2D eigenvalue weighted by Crippen LogP contribution is -2.20. The van der Waals surface area contributed by atoms with Crippen molar-refractivity contribution in [3.05, 3.63) is 51.7 Å². The summed E-state index contributed by atoms with van der Waals surface area (Å²) in [6, 6.07) is 2.29. The monoisotopic (exact) mass is 438 g/mol. The zero-order valence-electron chi connectivity index (χ0n) is 19.4. The summed E-state index contributed by atoms with van der Waals surface area (Å²) in [5, 5.41) is 10.2. The van der Waals surface area contributed by atoms with Gasteiger partial charge in [0.05, 0.1) is 24.3 Å². The Labute approximate surface area is 190 Å². The van der Waals surface area contributed by atoms with Crippen LogP contribution < -0.4 is 5.73 Å². The molecule has 1 aromatic rings. The van der Waals surface area contributed by atoms with E-state index in [1.807, 2.05) is 13.0 Å². The molecule has 0 saturated heterocycles. The molecule has 0 aromatic carbocycles. The summed E-state index contributed by atoms with van der Waals surface area (Å²) in [5.41, 5.74) is 11.5. The fraction of sp³-hybridized carbons (Fsp3) is 0.480. The standard InChI is InChI=1S/C25H34N4OS/c1-7-10-18(5)28-14-13-17(4)23(16(3)8-2)29-25(30-6)19-11-9-12-21-22(19)20(15-26)24(27)31-21/h13-14,19H,4,7-12,27H2,1-3,5-6H3/b14-13-,23-16+,28-18?,29-25?/t19-/m0/s1. The van der Waals surface area contributed by atoms with Gasteiger partial charge >= 0.3 is 0 Å². The number of aryl methyl sites for hydroxylation is 1. The van der Waals surface area contributed by atoms with Gasteiger partial charge in [0.15, 0.2) is 5.90 Å². The first kappa shape index (κ1) is 24.6. The van der Waals surface area contributed by atoms with Crippen LogP contribution in [0.1, 0.15) is 81.7 Å². The summed E-state index contributed by atoms with van der Waals surface area (Å²) >= 11 is 1.52. The normalized spacial score (nSPS) is 17.9. The number of nitrogens with zero attached hydrogens (tertiary/aromatic N) is 3. The Balaban J connectivity index is 2.45. The number of anilines is 1. The molecule has 166 valence electrons. The molecule has 0 saturated carbocycles. The van der Waals surface area contributed by atoms with Gasteiger partial charge in [-0.1, -0.05) is 26.8 Å². The molecular formula is C25H34N4OS. The van der Waals surface area contributed by atoms with Crippen LogP contribution in [0.15, 0.2) is 45.7 Å². The maximum atomic E-state index is 9.66. The first-order valence-corrected chi connectivity index (χ1v) is 11.7. The van der Waals surface area contributed by atoms with Crippen LogP contribution in [0.2, 0.25) is 0 Å². The third-order valence-corrected chi connectivity index (χ3v) is 6.65. The minimum atomic E-state index is -0.0711. The zero-order chi connectivity index (χ0) is 23.0. The van der Waals surface area contributed by atoms with Gasteiger partial charge in [0.25, 0.3) is 0 Å². The quantitative estimate of drug-likeness (QED) is 0.279. The van der Waals surface area contributed by atoms with Gasteiger partial charge in [-0.3, -0.25) is 4.99 Å². The highest BCUT2D eigenvalue weighted by Gasteiger charge is 2.32. The minimum Gasteiger partial charge on any atom is -0.484 e. The number of nitrogens with two attached hydrogens (primary N) is 1. The Bertz CT molecular complexity index is 972. The predicted octanol–water partition coefficient (Wildman–Crippen LogP) is 6.68. The third kappa shape index (κ3) is 5.95. The van der Waals surface area contributed by atoms with Gasteiger partial charge in [-0.25, -0.2) is 4.99 Å². The maximum Gasteiger partial charge on any atom is 0.195 e. The van der Waals surface area contributed by atoms with E-state index in [9.17, 15) is 5.26 Å². The second kappa shape index (κ2) is 11.7. The molecule has 31 heavy (non-hydrogen) atoms. The van der Waals surface area contributed by atoms with Crippen molar-refractivity contribution in [2.24, 2.45) is 9.98 Å². The Morgan fingerprint density at radius 2 is 2.13 bits per heavy atom. The fourth-order valence-corrected chi connectivity index (χ4v) is 4.91. The van der Waals surface area contributed by atoms with Gasteiger partial charge < -0.3 is 10.5 Å². The van der Waals surface area contributed by atoms with Crippen molar-refractivity contribution in [2.45, 2.75) is 72.1 Å². The molecule has 1 heterocycles. The Morgan fingerprint density at radius 3 is 2.74 bits per heavy atom. The average molecular weight is 439 g/mol. The first-order valence-electron chi connectivity index (χ1n) is 10.9. The number of hydrogen-bond donors (Lipinski definition) is 1. The number of aliphatic imine (C=N–C) groups is 2. The SMILES string of the molecule is C=C(/C=C\N=C(C)CCC)/C(N=C(OC)[C@H]1CCCc2sc(N)c(C#N)c21)=C(/C)CC. The van der Waals surface area contributed by atoms with Crippen LogP contribution in [0.4, 0.5) is 5.00 Å². The van der Waals surface area contributed by atoms with Crippen LogP contribution in [0.5, 0.6) is 0 Å². The van der Waals surface area contributed by atoms with Gasteiger partial charge in [0, 0.05) is 16.8 Å². The van der Waals surface area contributed by atoms with Crippen LogP contribution >= 0.6 is 11.3 Å². The molecule has 5 nitrogen and oxygen atoms in total. The molecule has 0 amide bonds. The van der Waals surface area contributed by atoms with E-state index in [-0.39, 0.29) is 5.92 Å². The third-order valence-electron chi connectivity index (χ3n) is 5.56. The number of thiophene rings is 1. The topological polar surface area (TPSA) is 83.8 Å². The highest BCUT2D eigenvalue weighted by atomic mass is 32.1. The van der Waals surface area contributed by atoms with Crippen molar-refractivity contribution in [1.29, 1.82) is 5.26 Å². The number of nitriles is 1. The molecule has 0 fully saturated rings. The second-order valence-corrected chi connectivity index (χ2v) is 8.96. The Kier molecular flexibility index (Phi) is 9.26. The molecule has 6 heteroatoms. The highest BCUT2D eigenvalue weighted by Crippen LogP contribution is 2.43. The highest BCUT2D eigenvalue weighted by molar-refractivity contribution is 7.16. The molecule has 2 rings (SSSR count). The molecule has 0 bridgehead atoms. The molecule has 2 N–H and O–H groups in total. The number of ether oxygens (including phenoxy) is 1. The Hall–Kier alpha value is -2.65. The lowest BCUT2D eigenvalue weighted by molar-refractivity contribution is 0.374. The smallest absolute Gasteiger partial charge is 0.195 e. The minimum absolute atomic E-state index is 0.0711. The molecule has 0 aliphatic heterocycles. The Morgan fingerprint density at radius 1 is 1.39 bits per heavy atom. The van der Waals surface area contributed by atoms with E-state index in [1.165, 1.54) is 16.2 Å².